The van der Waals surface area contributed by atoms with E-state index < -0.39 is 0 Å². The molecular formula is C23H32N2O2. The van der Waals surface area contributed by atoms with Gasteiger partial charge in [0, 0.05) is 38.1 Å². The van der Waals surface area contributed by atoms with E-state index in [2.05, 4.69) is 59.6 Å². The van der Waals surface area contributed by atoms with Crippen molar-refractivity contribution in [2.75, 3.05) is 40.4 Å². The first-order chi connectivity index (χ1) is 13.3. The van der Waals surface area contributed by atoms with Gasteiger partial charge in [-0.3, -0.25) is 4.90 Å². The molecular weight excluding hydrogens is 336 g/mol. The van der Waals surface area contributed by atoms with Gasteiger partial charge in [-0.15, -0.1) is 0 Å². The van der Waals surface area contributed by atoms with Gasteiger partial charge in [-0.05, 0) is 36.1 Å². The van der Waals surface area contributed by atoms with Crippen LogP contribution in [0.2, 0.25) is 0 Å². The number of benzene rings is 2. The first kappa shape index (κ1) is 19.7. The minimum Gasteiger partial charge on any atom is -0.493 e. The second-order valence-electron chi connectivity index (χ2n) is 7.17. The molecule has 1 saturated heterocycles. The van der Waals surface area contributed by atoms with Crippen molar-refractivity contribution in [2.24, 2.45) is 0 Å². The number of nitrogens with zero attached hydrogens (tertiary/aromatic N) is 1. The third kappa shape index (κ3) is 4.82. The minimum absolute atomic E-state index is 0.466. The summed E-state index contributed by atoms with van der Waals surface area (Å²) in [6.45, 7) is 6.57. The molecule has 27 heavy (non-hydrogen) atoms. The lowest BCUT2D eigenvalue weighted by molar-refractivity contribution is 0.137. The highest BCUT2D eigenvalue weighted by molar-refractivity contribution is 5.44. The lowest BCUT2D eigenvalue weighted by Gasteiger charge is -2.41. The largest absolute Gasteiger partial charge is 0.493 e. The van der Waals surface area contributed by atoms with E-state index in [0.29, 0.717) is 12.0 Å². The average molecular weight is 369 g/mol. The first-order valence-corrected chi connectivity index (χ1v) is 9.97. The summed E-state index contributed by atoms with van der Waals surface area (Å²) in [5, 5.41) is 3.60. The van der Waals surface area contributed by atoms with Gasteiger partial charge < -0.3 is 14.8 Å². The van der Waals surface area contributed by atoms with Gasteiger partial charge in [0.15, 0.2) is 11.5 Å². The minimum atomic E-state index is 0.466. The molecule has 1 aliphatic rings. The molecule has 4 nitrogen and oxygen atoms in total. The molecule has 1 N–H and O–H groups in total. The molecule has 2 aromatic carbocycles. The quantitative estimate of drug-likeness (QED) is 0.770. The predicted octanol–water partition coefficient (Wildman–Crippen LogP) is 3.71. The maximum atomic E-state index is 5.54. The Morgan fingerprint density at radius 3 is 2.56 bits per heavy atom. The lowest BCUT2D eigenvalue weighted by atomic mass is 9.86. The Morgan fingerprint density at radius 1 is 1.07 bits per heavy atom. The number of rotatable bonds is 8. The summed E-state index contributed by atoms with van der Waals surface area (Å²) in [7, 11) is 3.39. The number of piperazine rings is 1. The second-order valence-corrected chi connectivity index (χ2v) is 7.17. The van der Waals surface area contributed by atoms with E-state index in [1.54, 1.807) is 14.2 Å². The highest BCUT2D eigenvalue weighted by Crippen LogP contribution is 2.34. The predicted molar refractivity (Wildman–Crippen MR) is 111 cm³/mol. The monoisotopic (exact) mass is 368 g/mol. The third-order valence-corrected chi connectivity index (χ3v) is 5.67. The molecule has 1 heterocycles. The molecule has 0 bridgehead atoms. The summed E-state index contributed by atoms with van der Waals surface area (Å²) >= 11 is 0. The van der Waals surface area contributed by atoms with E-state index in [0.717, 1.165) is 50.5 Å². The van der Waals surface area contributed by atoms with Crippen LogP contribution in [0.25, 0.3) is 0 Å². The van der Waals surface area contributed by atoms with E-state index in [1.807, 2.05) is 6.07 Å². The van der Waals surface area contributed by atoms with E-state index in [9.17, 15) is 0 Å². The summed E-state index contributed by atoms with van der Waals surface area (Å²) in [4.78, 5) is 2.66. The fourth-order valence-electron chi connectivity index (χ4n) is 4.17. The van der Waals surface area contributed by atoms with Gasteiger partial charge in [0.1, 0.15) is 0 Å². The van der Waals surface area contributed by atoms with Crippen molar-refractivity contribution >= 4 is 0 Å². The Morgan fingerprint density at radius 2 is 1.85 bits per heavy atom. The van der Waals surface area contributed by atoms with Crippen molar-refractivity contribution in [1.29, 1.82) is 0 Å². The van der Waals surface area contributed by atoms with Crippen LogP contribution in [0.4, 0.5) is 0 Å². The number of nitrogens with one attached hydrogen (secondary N) is 1. The van der Waals surface area contributed by atoms with Crippen LogP contribution in [-0.2, 0) is 6.42 Å². The normalized spacial score (nSPS) is 18.9. The zero-order valence-corrected chi connectivity index (χ0v) is 16.8. The molecule has 0 spiro atoms. The molecule has 2 atom stereocenters. The van der Waals surface area contributed by atoms with E-state index in [1.165, 1.54) is 11.1 Å². The maximum Gasteiger partial charge on any atom is 0.160 e. The van der Waals surface area contributed by atoms with Crippen molar-refractivity contribution in [1.82, 2.24) is 10.2 Å². The zero-order valence-electron chi connectivity index (χ0n) is 16.8. The molecule has 0 aliphatic carbocycles. The van der Waals surface area contributed by atoms with Gasteiger partial charge in [-0.1, -0.05) is 43.3 Å². The summed E-state index contributed by atoms with van der Waals surface area (Å²) in [6.07, 6.45) is 2.20. The van der Waals surface area contributed by atoms with Gasteiger partial charge in [-0.2, -0.15) is 0 Å². The summed E-state index contributed by atoms with van der Waals surface area (Å²) < 4.78 is 10.9. The van der Waals surface area contributed by atoms with Gasteiger partial charge >= 0.3 is 0 Å². The van der Waals surface area contributed by atoms with Crippen LogP contribution in [0.5, 0.6) is 11.5 Å². The Balaban J connectivity index is 1.77. The summed E-state index contributed by atoms with van der Waals surface area (Å²) in [6, 6.07) is 17.7. The van der Waals surface area contributed by atoms with Gasteiger partial charge in [-0.25, -0.2) is 0 Å². The summed E-state index contributed by atoms with van der Waals surface area (Å²) in [5.41, 5.74) is 2.74. The maximum absolute atomic E-state index is 5.54. The number of ether oxygens (including phenoxy) is 2. The van der Waals surface area contributed by atoms with Crippen LogP contribution >= 0.6 is 0 Å². The third-order valence-electron chi connectivity index (χ3n) is 5.67. The van der Waals surface area contributed by atoms with E-state index in [4.69, 9.17) is 9.47 Å². The molecule has 0 saturated carbocycles. The highest BCUT2D eigenvalue weighted by Gasteiger charge is 2.30. The topological polar surface area (TPSA) is 33.7 Å². The van der Waals surface area contributed by atoms with Gasteiger partial charge in [0.25, 0.3) is 0 Å². The van der Waals surface area contributed by atoms with Crippen LogP contribution in [0.3, 0.4) is 0 Å². The van der Waals surface area contributed by atoms with Crippen LogP contribution in [0.1, 0.15) is 30.4 Å². The molecule has 2 unspecified atom stereocenters. The molecule has 0 amide bonds. The van der Waals surface area contributed by atoms with Crippen LogP contribution in [0.15, 0.2) is 48.5 Å². The fourth-order valence-corrected chi connectivity index (χ4v) is 4.17. The van der Waals surface area contributed by atoms with Crippen LogP contribution < -0.4 is 14.8 Å². The highest BCUT2D eigenvalue weighted by atomic mass is 16.5. The summed E-state index contributed by atoms with van der Waals surface area (Å²) in [5.74, 6) is 2.07. The number of methoxy groups -OCH3 is 2. The molecule has 1 fully saturated rings. The second kappa shape index (κ2) is 9.77. The molecule has 3 rings (SSSR count). The molecule has 146 valence electrons. The zero-order chi connectivity index (χ0) is 19.1. The van der Waals surface area contributed by atoms with Crippen molar-refractivity contribution in [3.8, 4) is 11.5 Å². The van der Waals surface area contributed by atoms with Crippen molar-refractivity contribution < 1.29 is 9.47 Å². The molecule has 0 radical (unpaired) electrons. The van der Waals surface area contributed by atoms with Crippen molar-refractivity contribution in [3.05, 3.63) is 59.7 Å². The SMILES string of the molecule is CCC(c1ccc(OC)c(OC)c1)C1CNCCN1CCc1ccccc1. The van der Waals surface area contributed by atoms with Crippen molar-refractivity contribution in [2.45, 2.75) is 31.7 Å². The Hall–Kier alpha value is -2.04. The Kier molecular flexibility index (Phi) is 7.13. The Labute approximate surface area is 163 Å². The lowest BCUT2D eigenvalue weighted by Crippen LogP contribution is -2.54. The molecule has 2 aromatic rings. The van der Waals surface area contributed by atoms with E-state index >= 15 is 0 Å². The first-order valence-electron chi connectivity index (χ1n) is 9.97. The molecule has 1 aliphatic heterocycles. The smallest absolute Gasteiger partial charge is 0.160 e. The number of hydrogen-bond acceptors (Lipinski definition) is 4. The van der Waals surface area contributed by atoms with E-state index in [-0.39, 0.29) is 0 Å². The number of hydrogen-bond donors (Lipinski definition) is 1. The molecule has 4 heteroatoms. The van der Waals surface area contributed by atoms with Crippen LogP contribution in [-0.4, -0.2) is 51.3 Å². The van der Waals surface area contributed by atoms with Gasteiger partial charge in [0.05, 0.1) is 14.2 Å². The fraction of sp³-hybridized carbons (Fsp3) is 0.478. The average Bonchev–Trinajstić information content (AvgIpc) is 2.74. The van der Waals surface area contributed by atoms with Gasteiger partial charge in [0.2, 0.25) is 0 Å². The Bertz CT molecular complexity index is 705. The van der Waals surface area contributed by atoms with Crippen LogP contribution in [0, 0.1) is 0 Å². The van der Waals surface area contributed by atoms with Crippen molar-refractivity contribution in [3.63, 3.8) is 0 Å². The standard InChI is InChI=1S/C23H32N2O2/c1-4-20(19-10-11-22(26-2)23(16-19)27-3)21-17-24-13-15-25(21)14-12-18-8-6-5-7-9-18/h5-11,16,20-21,24H,4,12-15,17H2,1-3H3. The molecule has 0 aromatic heterocycles.